The second-order valence-electron chi connectivity index (χ2n) is 14.7. The predicted molar refractivity (Wildman–Crippen MR) is 163 cm³/mol. The number of rotatable bonds is 5. The Morgan fingerprint density at radius 1 is 0.884 bits per heavy atom. The van der Waals surface area contributed by atoms with E-state index < -0.39 is 17.7 Å². The molecule has 8 heteroatoms. The Morgan fingerprint density at radius 3 is 2.14 bits per heavy atom. The van der Waals surface area contributed by atoms with Crippen LogP contribution in [-0.4, -0.2) is 31.4 Å². The molecule has 0 bridgehead atoms. The number of amides is 1. The molecule has 4 aliphatic carbocycles. The lowest BCUT2D eigenvalue weighted by atomic mass is 9.34. The summed E-state index contributed by atoms with van der Waals surface area (Å²) in [4.78, 5) is 37.6. The Hall–Kier alpha value is -3.03. The van der Waals surface area contributed by atoms with Crippen LogP contribution in [0.3, 0.4) is 0 Å². The summed E-state index contributed by atoms with van der Waals surface area (Å²) < 4.78 is 21.4. The summed E-state index contributed by atoms with van der Waals surface area (Å²) in [5.74, 6) is 0.535. The van der Waals surface area contributed by atoms with Crippen LogP contribution in [0.4, 0.5) is 9.59 Å². The molecule has 0 aromatic heterocycles. The number of hydrogen-bond donors (Lipinski definition) is 1. The van der Waals surface area contributed by atoms with Crippen molar-refractivity contribution >= 4 is 18.2 Å². The minimum atomic E-state index is -0.850. The van der Waals surface area contributed by atoms with E-state index in [0.717, 1.165) is 61.6 Å². The normalized spacial score (nSPS) is 36.1. The first-order valence-corrected chi connectivity index (χ1v) is 16.0. The lowest BCUT2D eigenvalue weighted by Gasteiger charge is -2.70. The van der Waals surface area contributed by atoms with E-state index in [4.69, 9.17) is 24.7 Å². The molecule has 0 saturated heterocycles. The summed E-state index contributed by atoms with van der Waals surface area (Å²) in [5, 5.41) is 0. The number of allylic oxidation sites excluding steroid dienone is 2. The lowest BCUT2D eigenvalue weighted by molar-refractivity contribution is -0.166. The van der Waals surface area contributed by atoms with Gasteiger partial charge in [0.15, 0.2) is 11.5 Å². The summed E-state index contributed by atoms with van der Waals surface area (Å²) >= 11 is 0. The second-order valence-corrected chi connectivity index (χ2v) is 14.7. The first-order chi connectivity index (χ1) is 20.1. The second kappa shape index (κ2) is 10.6. The molecule has 0 spiro atoms. The van der Waals surface area contributed by atoms with E-state index in [1.807, 2.05) is 13.0 Å². The van der Waals surface area contributed by atoms with Gasteiger partial charge in [-0.15, -0.1) is 0 Å². The Labute approximate surface area is 256 Å². The number of primary amides is 1. The van der Waals surface area contributed by atoms with Crippen molar-refractivity contribution in [3.05, 3.63) is 34.4 Å². The quantitative estimate of drug-likeness (QED) is 0.211. The minimum absolute atomic E-state index is 0.00769. The Kier molecular flexibility index (Phi) is 7.70. The molecule has 43 heavy (non-hydrogen) atoms. The molecule has 2 N–H and O–H groups in total. The van der Waals surface area contributed by atoms with Crippen LogP contribution in [0.1, 0.15) is 110 Å². The zero-order chi connectivity index (χ0) is 31.6. The van der Waals surface area contributed by atoms with Crippen LogP contribution >= 0.6 is 0 Å². The Morgan fingerprint density at radius 2 is 1.51 bits per heavy atom. The zero-order valence-corrected chi connectivity index (χ0v) is 27.2. The molecule has 236 valence electrons. The van der Waals surface area contributed by atoms with Crippen molar-refractivity contribution in [3.8, 4) is 11.5 Å². The maximum Gasteiger partial charge on any atom is 0.513 e. The van der Waals surface area contributed by atoms with Crippen LogP contribution in [0.15, 0.2) is 17.7 Å². The van der Waals surface area contributed by atoms with E-state index in [1.54, 1.807) is 13.8 Å². The molecule has 1 aromatic carbocycles. The van der Waals surface area contributed by atoms with Crippen molar-refractivity contribution in [2.24, 2.45) is 33.3 Å². The fraction of sp³-hybridized carbons (Fsp3) is 0.686. The number of carbonyl (C=O) groups excluding carboxylic acids is 3. The molecule has 8 nitrogen and oxygen atoms in total. The highest BCUT2D eigenvalue weighted by molar-refractivity contribution is 5.80. The number of carbonyl (C=O) groups is 3. The fourth-order valence-electron chi connectivity index (χ4n) is 9.57. The lowest BCUT2D eigenvalue weighted by Crippen LogP contribution is -2.63. The van der Waals surface area contributed by atoms with Crippen molar-refractivity contribution in [2.75, 3.05) is 13.2 Å². The van der Waals surface area contributed by atoms with Gasteiger partial charge in [-0.25, -0.2) is 9.59 Å². The highest BCUT2D eigenvalue weighted by Crippen LogP contribution is 2.74. The van der Waals surface area contributed by atoms with Gasteiger partial charge in [-0.2, -0.15) is 0 Å². The molecule has 3 fully saturated rings. The summed E-state index contributed by atoms with van der Waals surface area (Å²) in [7, 11) is 0. The van der Waals surface area contributed by atoms with Gasteiger partial charge in [-0.3, -0.25) is 4.79 Å². The third kappa shape index (κ3) is 4.65. The van der Waals surface area contributed by atoms with Gasteiger partial charge in [0.2, 0.25) is 5.91 Å². The number of hydrogen-bond acceptors (Lipinski definition) is 7. The van der Waals surface area contributed by atoms with Crippen molar-refractivity contribution < 1.29 is 33.3 Å². The molecular weight excluding hydrogens is 546 g/mol. The van der Waals surface area contributed by atoms with E-state index in [-0.39, 0.29) is 52.3 Å². The number of fused-ring (bicyclic) bond motifs is 7. The zero-order valence-electron chi connectivity index (χ0n) is 27.2. The van der Waals surface area contributed by atoms with Gasteiger partial charge >= 0.3 is 12.3 Å². The molecule has 3 saturated carbocycles. The predicted octanol–water partition coefficient (Wildman–Crippen LogP) is 7.70. The molecule has 0 unspecified atom stereocenters. The maximum absolute atomic E-state index is 12.7. The highest BCUT2D eigenvalue weighted by Gasteiger charge is 2.67. The summed E-state index contributed by atoms with van der Waals surface area (Å²) in [6.07, 6.45) is 8.20. The molecule has 0 heterocycles. The van der Waals surface area contributed by atoms with Crippen molar-refractivity contribution in [2.45, 2.75) is 112 Å². The van der Waals surface area contributed by atoms with Gasteiger partial charge in [-0.05, 0) is 117 Å². The van der Waals surface area contributed by atoms with Gasteiger partial charge in [0.05, 0.1) is 13.2 Å². The van der Waals surface area contributed by atoms with Crippen LogP contribution in [0.5, 0.6) is 11.5 Å². The molecule has 0 aliphatic heterocycles. The van der Waals surface area contributed by atoms with Crippen molar-refractivity contribution in [3.63, 3.8) is 0 Å². The number of benzene rings is 1. The molecule has 1 aromatic rings. The van der Waals surface area contributed by atoms with E-state index in [1.165, 1.54) is 5.57 Å². The van der Waals surface area contributed by atoms with Crippen molar-refractivity contribution in [1.82, 2.24) is 0 Å². The van der Waals surface area contributed by atoms with Gasteiger partial charge in [0.25, 0.3) is 0 Å². The Balaban J connectivity index is 1.60. The fourth-order valence-corrected chi connectivity index (χ4v) is 9.57. The van der Waals surface area contributed by atoms with E-state index in [2.05, 4.69) is 40.7 Å². The monoisotopic (exact) mass is 595 g/mol. The van der Waals surface area contributed by atoms with E-state index >= 15 is 0 Å². The summed E-state index contributed by atoms with van der Waals surface area (Å²) in [6.45, 7) is 17.4. The van der Waals surface area contributed by atoms with Crippen LogP contribution in [0, 0.1) is 34.5 Å². The van der Waals surface area contributed by atoms with Gasteiger partial charge in [-0.1, -0.05) is 46.3 Å². The van der Waals surface area contributed by atoms with Crippen LogP contribution in [0.2, 0.25) is 0 Å². The molecule has 0 radical (unpaired) electrons. The smallest absolute Gasteiger partial charge is 0.434 e. The van der Waals surface area contributed by atoms with Crippen LogP contribution in [0.25, 0.3) is 0 Å². The standard InChI is InChI=1S/C35H49NO7/c1-9-40-29(38)42-24-19-23-22(21(3)27(24)43-30(39)41-10-2)11-12-25-33(23,6)16-18-35(8)26-20-32(5,28(36)37)14-13-31(26,4)15-17-34(25,35)7/h12,19,26H,9-11,13-18,20H2,1-8H3,(H2,36,37)/t26-,31-,32-,33+,34-,35+/m1/s1. The first kappa shape index (κ1) is 31.4. The molecule has 5 rings (SSSR count). The third-order valence-corrected chi connectivity index (χ3v) is 12.5. The largest absolute Gasteiger partial charge is 0.513 e. The minimum Gasteiger partial charge on any atom is -0.434 e. The molecule has 6 atom stereocenters. The van der Waals surface area contributed by atoms with Gasteiger partial charge < -0.3 is 24.7 Å². The van der Waals surface area contributed by atoms with Gasteiger partial charge in [0, 0.05) is 10.8 Å². The topological polar surface area (TPSA) is 114 Å². The van der Waals surface area contributed by atoms with Crippen molar-refractivity contribution in [1.29, 1.82) is 0 Å². The molecule has 1 amide bonds. The van der Waals surface area contributed by atoms with E-state index in [9.17, 15) is 14.4 Å². The summed E-state index contributed by atoms with van der Waals surface area (Å²) in [5.41, 5.74) is 9.64. The molecular formula is C35H49NO7. The first-order valence-electron chi connectivity index (χ1n) is 16.0. The summed E-state index contributed by atoms with van der Waals surface area (Å²) in [6, 6.07) is 1.88. The number of nitrogens with two attached hydrogens (primary N) is 1. The van der Waals surface area contributed by atoms with Gasteiger partial charge in [0.1, 0.15) is 0 Å². The van der Waals surface area contributed by atoms with Crippen LogP contribution < -0.4 is 15.2 Å². The highest BCUT2D eigenvalue weighted by atomic mass is 16.7. The molecule has 4 aliphatic rings. The maximum atomic E-state index is 12.7. The Bertz CT molecular complexity index is 1380. The average molecular weight is 596 g/mol. The SMILES string of the molecule is CCOC(=O)Oc1cc2c(c(C)c1OC(=O)OCC)CC=C1[C@@]2(C)CC[C@@]2(C)[C@@H]3C[C@](C)(C(N)=O)CC[C@]3(C)CC[C@]12C. The van der Waals surface area contributed by atoms with Crippen LogP contribution in [-0.2, 0) is 26.1 Å². The van der Waals surface area contributed by atoms with E-state index in [0.29, 0.717) is 12.3 Å². The average Bonchev–Trinajstić information content (AvgIpc) is 2.94. The number of ether oxygens (including phenoxy) is 4. The third-order valence-electron chi connectivity index (χ3n) is 12.5.